The van der Waals surface area contributed by atoms with Gasteiger partial charge in [0.2, 0.25) is 0 Å². The number of nitrogens with zero attached hydrogens (tertiary/aromatic N) is 32. The molecule has 0 bridgehead atoms. The van der Waals surface area contributed by atoms with Crippen molar-refractivity contribution in [2.45, 2.75) is 330 Å². The van der Waals surface area contributed by atoms with E-state index in [-0.39, 0.29) is 138 Å². The molecule has 0 aromatic carbocycles. The fourth-order valence-electron chi connectivity index (χ4n) is 12.2. The van der Waals surface area contributed by atoms with Gasteiger partial charge in [0.25, 0.3) is 0 Å². The van der Waals surface area contributed by atoms with Crippen LogP contribution in [0.5, 0.6) is 0 Å². The number of hydrogen-bond donors (Lipinski definition) is 0. The molecule has 16 heterocycles. The maximum atomic E-state index is 4.40. The molecule has 0 aliphatic carbocycles. The molecule has 32 nitrogen and oxygen atoms in total. The first-order valence-electron chi connectivity index (χ1n) is 47.5. The molecule has 0 unspecified atom stereocenters. The summed E-state index contributed by atoms with van der Waals surface area (Å²) in [5.74, 6) is 6.32. The Morgan fingerprint density at radius 3 is 0.451 bits per heavy atom. The zero-order chi connectivity index (χ0) is 104. The largest absolute Gasteiger partial charge is 2.00 e. The van der Waals surface area contributed by atoms with Crippen molar-refractivity contribution in [2.75, 3.05) is 0 Å². The van der Waals surface area contributed by atoms with Crippen molar-refractivity contribution in [3.05, 3.63) is 238 Å². The summed E-state index contributed by atoms with van der Waals surface area (Å²) in [7, 11) is 0. The van der Waals surface area contributed by atoms with Gasteiger partial charge in [-0.25, -0.2) is 79.7 Å². The summed E-state index contributed by atoms with van der Waals surface area (Å²) in [4.78, 5) is 69.3. The molecule has 776 valence electrons. The number of aromatic nitrogens is 32. The summed E-state index contributed by atoms with van der Waals surface area (Å²) in [5, 5.41) is 65.9. The normalized spacial score (nSPS) is 11.8. The molecule has 0 spiro atoms. The van der Waals surface area contributed by atoms with Crippen LogP contribution in [0.25, 0.3) is 92.1 Å². The molecule has 0 aliphatic heterocycles. The molecule has 16 aromatic heterocycles. The van der Waals surface area contributed by atoms with Crippen LogP contribution in [-0.2, 0) is 151 Å². The Morgan fingerprint density at radius 1 is 0.188 bits per heavy atom. The molecule has 0 atom stereocenters. The molecular formula is C108H144N32Pt4. The summed E-state index contributed by atoms with van der Waals surface area (Å²) in [6, 6.07) is 15.5. The van der Waals surface area contributed by atoms with Gasteiger partial charge in [-0.05, 0) is 119 Å². The monoisotopic (exact) mass is 2670 g/mol. The van der Waals surface area contributed by atoms with Gasteiger partial charge in [0.1, 0.15) is 46.6 Å². The fraction of sp³-hybridized carbons (Fsp3) is 0.481. The van der Waals surface area contributed by atoms with E-state index in [1.807, 2.05) is 151 Å². The van der Waals surface area contributed by atoms with Crippen molar-refractivity contribution in [2.24, 2.45) is 11.8 Å². The summed E-state index contributed by atoms with van der Waals surface area (Å²) in [5.41, 5.74) is 22.7. The molecule has 0 fully saturated rings. The van der Waals surface area contributed by atoms with Crippen molar-refractivity contribution in [3.8, 4) is 92.1 Å². The van der Waals surface area contributed by atoms with Gasteiger partial charge in [-0.15, -0.1) is 0 Å². The standard InChI is InChI=1S/4C15H21N4.4C12H15N4.4Pt/c2*1-14(2,3)10-8-16-13(17-9-10)11-7-12(19-18-11)15(4,5)6;2*1-10(2)6-11-8-16-14(17-9-11)12-7-13(19-18-12)15(3,4)5;2*1-8-6-13-11(14-7-8)9-5-10(16-15-9)12(2,3)4;2*1-8-5-10(16-15-8)11-13-6-9(7-14-11)12(2,3)4;;;;/h2*7-9H,1-6H3;2*7-10H,6H2,1-5H3;4*5-7H,1-4H3;;;;/q8*-1;4*+2. The van der Waals surface area contributed by atoms with E-state index >= 15 is 0 Å². The fourth-order valence-corrected chi connectivity index (χ4v) is 12.2. The minimum Gasteiger partial charge on any atom is -0.572 e. The number of rotatable bonds is 12. The summed E-state index contributed by atoms with van der Waals surface area (Å²) < 4.78 is 0. The van der Waals surface area contributed by atoms with Gasteiger partial charge in [0, 0.05) is 177 Å². The Bertz CT molecular complexity index is 6080. The molecule has 36 heteroatoms. The minimum atomic E-state index is -0.00337. The topological polar surface area (TPSA) is 422 Å². The maximum absolute atomic E-state index is 4.40. The predicted octanol–water partition coefficient (Wildman–Crippen LogP) is 20.6. The van der Waals surface area contributed by atoms with Gasteiger partial charge in [0.05, 0.1) is 0 Å². The first kappa shape index (κ1) is 124. The van der Waals surface area contributed by atoms with Gasteiger partial charge in [-0.3, -0.25) is 0 Å². The van der Waals surface area contributed by atoms with Crippen LogP contribution >= 0.6 is 0 Å². The second-order valence-corrected chi connectivity index (χ2v) is 46.3. The van der Waals surface area contributed by atoms with Crippen molar-refractivity contribution in [3.63, 3.8) is 0 Å². The smallest absolute Gasteiger partial charge is 0.572 e. The second-order valence-electron chi connectivity index (χ2n) is 46.3. The second kappa shape index (κ2) is 51.9. The predicted molar refractivity (Wildman–Crippen MR) is 552 cm³/mol. The summed E-state index contributed by atoms with van der Waals surface area (Å²) >= 11 is 0. The van der Waals surface area contributed by atoms with Crippen molar-refractivity contribution in [1.29, 1.82) is 0 Å². The quantitative estimate of drug-likeness (QED) is 0.110. The van der Waals surface area contributed by atoms with Gasteiger partial charge in [-0.1, -0.05) is 329 Å². The van der Waals surface area contributed by atoms with E-state index in [1.54, 1.807) is 24.8 Å². The average molecular weight is 2670 g/mol. The van der Waals surface area contributed by atoms with Gasteiger partial charge in [0.15, 0.2) is 0 Å². The third-order valence-corrected chi connectivity index (χ3v) is 21.3. The molecule has 0 N–H and O–H groups in total. The Labute approximate surface area is 910 Å². The Balaban J connectivity index is 0.000000289. The molecule has 16 rings (SSSR count). The maximum Gasteiger partial charge on any atom is 2.00 e. The van der Waals surface area contributed by atoms with Crippen LogP contribution in [0.3, 0.4) is 0 Å². The van der Waals surface area contributed by atoms with E-state index < -0.39 is 0 Å². The van der Waals surface area contributed by atoms with Crippen LogP contribution in [0.1, 0.15) is 325 Å². The van der Waals surface area contributed by atoms with Crippen molar-refractivity contribution in [1.82, 2.24) is 161 Å². The minimum absolute atomic E-state index is 0. The van der Waals surface area contributed by atoms with E-state index in [9.17, 15) is 0 Å². The molecule has 144 heavy (non-hydrogen) atoms. The zero-order valence-corrected chi connectivity index (χ0v) is 100. The zero-order valence-electron chi connectivity index (χ0n) is 91.0. The third-order valence-electron chi connectivity index (χ3n) is 21.3. The summed E-state index contributed by atoms with van der Waals surface area (Å²) in [6.45, 7) is 80.2. The van der Waals surface area contributed by atoms with Crippen LogP contribution in [0.4, 0.5) is 0 Å². The van der Waals surface area contributed by atoms with Crippen molar-refractivity contribution >= 4 is 0 Å². The van der Waals surface area contributed by atoms with Crippen molar-refractivity contribution < 1.29 is 84.3 Å². The molecule has 0 saturated carbocycles. The molecule has 0 aliphatic rings. The van der Waals surface area contributed by atoms with E-state index in [2.05, 4.69) is 397 Å². The van der Waals surface area contributed by atoms with E-state index in [1.165, 1.54) is 0 Å². The molecular weight excluding hydrogens is 2530 g/mol. The van der Waals surface area contributed by atoms with Gasteiger partial charge in [-0.2, -0.15) is 0 Å². The van der Waals surface area contributed by atoms with E-state index in [0.29, 0.717) is 58.4 Å². The Morgan fingerprint density at radius 2 is 0.326 bits per heavy atom. The third kappa shape index (κ3) is 38.2. The SMILES string of the molecule is CC(C)(C)c1cnc(-c2cc(C(C)(C)C)n[n-]2)nc1.CC(C)(C)c1cnc(-c2cc(C(C)(C)C)n[n-]2)nc1.CC(C)Cc1cnc(-c2cc(C(C)(C)C)n[n-]2)nc1.CC(C)Cc1cnc(-c2cc(C(C)(C)C)n[n-]2)nc1.Cc1cc(-c2ncc(C(C)(C)C)cn2)[n-]n1.Cc1cc(-c2ncc(C(C)(C)C)cn2)[n-]n1.Cc1cnc(-c2cc(C(C)(C)C)n[n-]2)nc1.Cc1cnc(-c2cc(C(C)(C)C)n[n-]2)nc1.[Pt+2].[Pt+2].[Pt+2].[Pt+2]. The summed E-state index contributed by atoms with van der Waals surface area (Å²) in [6.07, 6.45) is 31.6. The molecule has 0 amide bonds. The molecule has 0 radical (unpaired) electrons. The molecule has 16 aromatic rings. The Hall–Kier alpha value is -10.9. The van der Waals surface area contributed by atoms with E-state index in [0.717, 1.165) is 148 Å². The first-order chi connectivity index (χ1) is 64.9. The number of hydrogen-bond acceptors (Lipinski definition) is 24. The Kier molecular flexibility index (Phi) is 44.5. The van der Waals surface area contributed by atoms with E-state index in [4.69, 9.17) is 0 Å². The van der Waals surface area contributed by atoms with Crippen LogP contribution in [-0.4, -0.2) is 121 Å². The van der Waals surface area contributed by atoms with Gasteiger partial charge < -0.3 is 81.6 Å². The first-order valence-corrected chi connectivity index (χ1v) is 47.5. The van der Waals surface area contributed by atoms with Crippen LogP contribution in [0.15, 0.2) is 148 Å². The number of aryl methyl sites for hydroxylation is 4. The average Bonchev–Trinajstić information content (AvgIpc) is 1.65. The van der Waals surface area contributed by atoms with Crippen LogP contribution < -0.4 is 40.8 Å². The molecule has 0 saturated heterocycles. The van der Waals surface area contributed by atoms with Crippen LogP contribution in [0, 0.1) is 39.5 Å². The van der Waals surface area contributed by atoms with Crippen LogP contribution in [0.2, 0.25) is 0 Å². The van der Waals surface area contributed by atoms with Gasteiger partial charge >= 0.3 is 84.3 Å².